The molecule has 1 fully saturated rings. The first-order valence-corrected chi connectivity index (χ1v) is 8.31. The summed E-state index contributed by atoms with van der Waals surface area (Å²) in [5.74, 6) is 0.534. The molecule has 0 aromatic heterocycles. The summed E-state index contributed by atoms with van der Waals surface area (Å²) >= 11 is 0.898. The number of nitrogens with one attached hydrogen (secondary N) is 1. The van der Waals surface area contributed by atoms with Crippen LogP contribution in [0.25, 0.3) is 6.08 Å². The zero-order valence-corrected chi connectivity index (χ0v) is 14.2. The van der Waals surface area contributed by atoms with Crippen LogP contribution >= 0.6 is 11.8 Å². The van der Waals surface area contributed by atoms with Gasteiger partial charge in [0, 0.05) is 5.69 Å². The minimum Gasteiger partial charge on any atom is -0.508 e. The molecular formula is C18H16N2O4S. The average Bonchev–Trinajstić information content (AvgIpc) is 2.89. The topological polar surface area (TPSA) is 78.9 Å². The Morgan fingerprint density at radius 2 is 1.80 bits per heavy atom. The smallest absolute Gasteiger partial charge is 0.295 e. The van der Waals surface area contributed by atoms with Crippen LogP contribution in [0.4, 0.5) is 10.5 Å². The van der Waals surface area contributed by atoms with Gasteiger partial charge in [0.15, 0.2) is 0 Å². The van der Waals surface area contributed by atoms with Crippen molar-refractivity contribution in [3.63, 3.8) is 0 Å². The maximum absolute atomic E-state index is 12.4. The van der Waals surface area contributed by atoms with Gasteiger partial charge in [0.2, 0.25) is 0 Å². The highest BCUT2D eigenvalue weighted by molar-refractivity contribution is 8.18. The molecule has 0 radical (unpaired) electrons. The van der Waals surface area contributed by atoms with Crippen molar-refractivity contribution in [1.82, 2.24) is 4.90 Å². The Labute approximate surface area is 149 Å². The van der Waals surface area contributed by atoms with Gasteiger partial charge in [0.1, 0.15) is 11.5 Å². The van der Waals surface area contributed by atoms with E-state index in [1.54, 1.807) is 37.5 Å². The third-order valence-corrected chi connectivity index (χ3v) is 4.50. The van der Waals surface area contributed by atoms with Gasteiger partial charge in [-0.05, 0) is 59.8 Å². The zero-order chi connectivity index (χ0) is 17.8. The zero-order valence-electron chi connectivity index (χ0n) is 13.4. The normalized spacial score (nSPS) is 15.7. The number of carbonyl (C=O) groups excluding carboxylic acids is 2. The molecule has 7 heteroatoms. The number of phenolic OH excluding ortho intramolecular Hbond substituents is 1. The van der Waals surface area contributed by atoms with Gasteiger partial charge in [0.05, 0.1) is 18.7 Å². The number of phenols is 1. The van der Waals surface area contributed by atoms with Gasteiger partial charge in [-0.1, -0.05) is 12.1 Å². The highest BCUT2D eigenvalue weighted by Gasteiger charge is 2.34. The maximum atomic E-state index is 12.4. The SMILES string of the molecule is COc1ccc(NCN2C(=O)S/C(=C\c3ccc(O)cc3)C2=O)cc1. The predicted octanol–water partition coefficient (Wildman–Crippen LogP) is 3.51. The quantitative estimate of drug-likeness (QED) is 0.798. The van der Waals surface area contributed by atoms with Gasteiger partial charge < -0.3 is 15.2 Å². The summed E-state index contributed by atoms with van der Waals surface area (Å²) in [7, 11) is 1.59. The molecule has 0 aliphatic carbocycles. The summed E-state index contributed by atoms with van der Waals surface area (Å²) in [4.78, 5) is 26.0. The fourth-order valence-electron chi connectivity index (χ4n) is 2.24. The van der Waals surface area contributed by atoms with E-state index in [4.69, 9.17) is 4.74 Å². The van der Waals surface area contributed by atoms with Crippen molar-refractivity contribution < 1.29 is 19.4 Å². The number of ether oxygens (including phenoxy) is 1. The van der Waals surface area contributed by atoms with Crippen molar-refractivity contribution in [2.45, 2.75) is 0 Å². The first-order valence-electron chi connectivity index (χ1n) is 7.49. The van der Waals surface area contributed by atoms with Gasteiger partial charge in [-0.15, -0.1) is 0 Å². The summed E-state index contributed by atoms with van der Waals surface area (Å²) in [5, 5.41) is 12.0. The van der Waals surface area contributed by atoms with E-state index in [-0.39, 0.29) is 23.6 Å². The van der Waals surface area contributed by atoms with Crippen LogP contribution in [0.3, 0.4) is 0 Å². The molecule has 1 aliphatic heterocycles. The summed E-state index contributed by atoms with van der Waals surface area (Å²) in [6.07, 6.45) is 1.64. The van der Waals surface area contributed by atoms with Gasteiger partial charge in [-0.25, -0.2) is 0 Å². The van der Waals surface area contributed by atoms with Crippen LogP contribution in [0.15, 0.2) is 53.4 Å². The van der Waals surface area contributed by atoms with Crippen molar-refractivity contribution in [2.24, 2.45) is 0 Å². The molecule has 2 amide bonds. The molecule has 1 heterocycles. The van der Waals surface area contributed by atoms with Crippen LogP contribution in [-0.2, 0) is 4.79 Å². The largest absolute Gasteiger partial charge is 0.508 e. The molecule has 0 saturated carbocycles. The lowest BCUT2D eigenvalue weighted by Crippen LogP contribution is -2.33. The first kappa shape index (κ1) is 16.9. The molecule has 6 nitrogen and oxygen atoms in total. The Morgan fingerprint density at radius 3 is 2.44 bits per heavy atom. The average molecular weight is 356 g/mol. The monoisotopic (exact) mass is 356 g/mol. The molecule has 0 bridgehead atoms. The molecule has 0 unspecified atom stereocenters. The molecule has 0 spiro atoms. The molecule has 1 aliphatic rings. The van der Waals surface area contributed by atoms with E-state index < -0.39 is 0 Å². The molecule has 2 N–H and O–H groups in total. The lowest BCUT2D eigenvalue weighted by Gasteiger charge is -2.14. The van der Waals surface area contributed by atoms with E-state index in [0.29, 0.717) is 4.91 Å². The Balaban J connectivity index is 1.67. The van der Waals surface area contributed by atoms with Crippen LogP contribution in [0.5, 0.6) is 11.5 Å². The van der Waals surface area contributed by atoms with Crippen LogP contribution in [0, 0.1) is 0 Å². The third-order valence-electron chi connectivity index (χ3n) is 3.60. The Kier molecular flexibility index (Phi) is 4.95. The lowest BCUT2D eigenvalue weighted by molar-refractivity contribution is -0.122. The van der Waals surface area contributed by atoms with Crippen LogP contribution < -0.4 is 10.1 Å². The van der Waals surface area contributed by atoms with Crippen molar-refractivity contribution in [3.8, 4) is 11.5 Å². The minimum absolute atomic E-state index is 0.0872. The highest BCUT2D eigenvalue weighted by atomic mass is 32.2. The molecule has 25 heavy (non-hydrogen) atoms. The molecular weight excluding hydrogens is 340 g/mol. The summed E-state index contributed by atoms with van der Waals surface area (Å²) in [6, 6.07) is 13.6. The number of amides is 2. The van der Waals surface area contributed by atoms with E-state index >= 15 is 0 Å². The second kappa shape index (κ2) is 7.31. The number of methoxy groups -OCH3 is 1. The van der Waals surface area contributed by atoms with Gasteiger partial charge in [-0.2, -0.15) is 0 Å². The number of anilines is 1. The second-order valence-corrected chi connectivity index (χ2v) is 6.26. The van der Waals surface area contributed by atoms with E-state index in [9.17, 15) is 14.7 Å². The fraction of sp³-hybridized carbons (Fsp3) is 0.111. The summed E-state index contributed by atoms with van der Waals surface area (Å²) < 4.78 is 5.09. The van der Waals surface area contributed by atoms with E-state index in [2.05, 4.69) is 5.32 Å². The Bertz CT molecular complexity index is 816. The number of rotatable bonds is 5. The Hall–Kier alpha value is -2.93. The summed E-state index contributed by atoms with van der Waals surface area (Å²) in [6.45, 7) is 0.0872. The number of imide groups is 1. The van der Waals surface area contributed by atoms with Gasteiger partial charge >= 0.3 is 0 Å². The number of hydrogen-bond donors (Lipinski definition) is 2. The molecule has 1 saturated heterocycles. The molecule has 128 valence electrons. The Morgan fingerprint density at radius 1 is 1.12 bits per heavy atom. The molecule has 0 atom stereocenters. The van der Waals surface area contributed by atoms with Crippen molar-refractivity contribution in [3.05, 3.63) is 59.0 Å². The first-order chi connectivity index (χ1) is 12.1. The van der Waals surface area contributed by atoms with Crippen molar-refractivity contribution in [1.29, 1.82) is 0 Å². The van der Waals surface area contributed by atoms with Gasteiger partial charge in [0.25, 0.3) is 11.1 Å². The van der Waals surface area contributed by atoms with E-state index in [1.165, 1.54) is 12.1 Å². The van der Waals surface area contributed by atoms with E-state index in [1.807, 2.05) is 12.1 Å². The number of aromatic hydroxyl groups is 1. The van der Waals surface area contributed by atoms with Crippen LogP contribution in [0.2, 0.25) is 0 Å². The standard InChI is InChI=1S/C18H16N2O4S/c1-24-15-8-4-13(5-9-15)19-11-20-17(22)16(25-18(20)23)10-12-2-6-14(21)7-3-12/h2-10,19,21H,11H2,1H3/b16-10-. The van der Waals surface area contributed by atoms with Gasteiger partial charge in [-0.3, -0.25) is 14.5 Å². The number of benzene rings is 2. The number of carbonyl (C=O) groups is 2. The second-order valence-electron chi connectivity index (χ2n) is 5.26. The minimum atomic E-state index is -0.343. The number of thioether (sulfide) groups is 1. The maximum Gasteiger partial charge on any atom is 0.295 e. The van der Waals surface area contributed by atoms with Crippen molar-refractivity contribution >= 4 is 34.7 Å². The number of hydrogen-bond acceptors (Lipinski definition) is 6. The molecule has 3 rings (SSSR count). The van der Waals surface area contributed by atoms with Crippen LogP contribution in [0.1, 0.15) is 5.56 Å². The number of nitrogens with zero attached hydrogens (tertiary/aromatic N) is 1. The highest BCUT2D eigenvalue weighted by Crippen LogP contribution is 2.32. The molecule has 2 aromatic carbocycles. The van der Waals surface area contributed by atoms with Crippen molar-refractivity contribution in [2.75, 3.05) is 19.1 Å². The third kappa shape index (κ3) is 3.95. The molecule has 2 aromatic rings. The predicted molar refractivity (Wildman–Crippen MR) is 97.4 cm³/mol. The van der Waals surface area contributed by atoms with Crippen LogP contribution in [-0.4, -0.2) is 34.9 Å². The lowest BCUT2D eigenvalue weighted by atomic mass is 10.2. The fourth-order valence-corrected chi connectivity index (χ4v) is 3.08. The van der Waals surface area contributed by atoms with E-state index in [0.717, 1.165) is 33.7 Å². The summed E-state index contributed by atoms with van der Waals surface area (Å²) in [5.41, 5.74) is 1.52.